The van der Waals surface area contributed by atoms with E-state index >= 15 is 0 Å². The van der Waals surface area contributed by atoms with E-state index < -0.39 is 15.3 Å². The number of nitrogens with zero attached hydrogens (tertiary/aromatic N) is 3. The quantitative estimate of drug-likeness (QED) is 0.786. The van der Waals surface area contributed by atoms with Crippen molar-refractivity contribution in [1.82, 2.24) is 14.5 Å². The first-order valence-corrected chi connectivity index (χ1v) is 6.91. The van der Waals surface area contributed by atoms with E-state index in [0.29, 0.717) is 6.42 Å². The second kappa shape index (κ2) is 5.80. The highest BCUT2D eigenvalue weighted by atomic mass is 32.2. The fourth-order valence-electron chi connectivity index (χ4n) is 1.45. The van der Waals surface area contributed by atoms with E-state index in [1.54, 1.807) is 30.9 Å². The van der Waals surface area contributed by atoms with Crippen LogP contribution >= 0.6 is 0 Å². The van der Waals surface area contributed by atoms with Gasteiger partial charge in [0.1, 0.15) is 0 Å². The summed E-state index contributed by atoms with van der Waals surface area (Å²) in [7, 11) is -1.73. The maximum Gasteiger partial charge on any atom is 0.227 e. The summed E-state index contributed by atoms with van der Waals surface area (Å²) in [4.78, 5) is 0. The Morgan fingerprint density at radius 3 is 2.82 bits per heavy atom. The monoisotopic (exact) mass is 256 g/mol. The van der Waals surface area contributed by atoms with E-state index in [2.05, 4.69) is 9.82 Å². The number of sulfonamides is 1. The van der Waals surface area contributed by atoms with Crippen LogP contribution in [0.1, 0.15) is 19.0 Å². The van der Waals surface area contributed by atoms with E-state index in [-0.39, 0.29) is 13.0 Å². The van der Waals surface area contributed by atoms with Gasteiger partial charge in [-0.3, -0.25) is 4.68 Å². The van der Waals surface area contributed by atoms with Crippen molar-refractivity contribution in [3.63, 3.8) is 0 Å². The standard InChI is InChI=1S/C10H16N4O2S/c1-3-10(8-11)17(15,16)13-7-5-9-4-6-12-14(9)2/h4,6,10,13H,3,5,7H2,1-2H3. The van der Waals surface area contributed by atoms with Crippen LogP contribution in [0.15, 0.2) is 12.3 Å². The highest BCUT2D eigenvalue weighted by Crippen LogP contribution is 2.03. The molecule has 1 N–H and O–H groups in total. The molecule has 1 heterocycles. The number of nitrogens with one attached hydrogen (secondary N) is 1. The van der Waals surface area contributed by atoms with Crippen molar-refractivity contribution < 1.29 is 8.42 Å². The van der Waals surface area contributed by atoms with Crippen LogP contribution in [0.4, 0.5) is 0 Å². The molecule has 0 saturated carbocycles. The Kier molecular flexibility index (Phi) is 4.66. The van der Waals surface area contributed by atoms with E-state index in [1.807, 2.05) is 6.07 Å². The number of aryl methyl sites for hydroxylation is 1. The average molecular weight is 256 g/mol. The summed E-state index contributed by atoms with van der Waals surface area (Å²) in [6.45, 7) is 1.95. The van der Waals surface area contributed by atoms with Gasteiger partial charge in [0.2, 0.25) is 10.0 Å². The molecule has 0 aliphatic heterocycles. The summed E-state index contributed by atoms with van der Waals surface area (Å²) in [5.74, 6) is 0. The summed E-state index contributed by atoms with van der Waals surface area (Å²) < 4.78 is 27.4. The summed E-state index contributed by atoms with van der Waals surface area (Å²) in [6, 6.07) is 3.61. The molecule has 1 rings (SSSR count). The summed E-state index contributed by atoms with van der Waals surface area (Å²) in [6.07, 6.45) is 2.50. The molecular weight excluding hydrogens is 240 g/mol. The fraction of sp³-hybridized carbons (Fsp3) is 0.600. The highest BCUT2D eigenvalue weighted by Gasteiger charge is 2.22. The van der Waals surface area contributed by atoms with Crippen molar-refractivity contribution in [2.75, 3.05) is 6.54 Å². The minimum atomic E-state index is -3.53. The first kappa shape index (κ1) is 13.7. The van der Waals surface area contributed by atoms with Gasteiger partial charge in [-0.15, -0.1) is 0 Å². The van der Waals surface area contributed by atoms with E-state index in [9.17, 15) is 8.42 Å². The van der Waals surface area contributed by atoms with Crippen LogP contribution in [0.3, 0.4) is 0 Å². The van der Waals surface area contributed by atoms with Gasteiger partial charge in [-0.2, -0.15) is 10.4 Å². The Bertz CT molecular complexity index is 501. The second-order valence-electron chi connectivity index (χ2n) is 3.66. The van der Waals surface area contributed by atoms with E-state index in [4.69, 9.17) is 5.26 Å². The van der Waals surface area contributed by atoms with Crippen LogP contribution in [-0.4, -0.2) is 30.0 Å². The van der Waals surface area contributed by atoms with Crippen molar-refractivity contribution in [2.45, 2.75) is 25.0 Å². The Morgan fingerprint density at radius 1 is 1.65 bits per heavy atom. The van der Waals surface area contributed by atoms with Crippen LogP contribution in [0, 0.1) is 11.3 Å². The fourth-order valence-corrected chi connectivity index (χ4v) is 2.61. The first-order valence-electron chi connectivity index (χ1n) is 5.36. The van der Waals surface area contributed by atoms with Gasteiger partial charge in [-0.25, -0.2) is 13.1 Å². The van der Waals surface area contributed by atoms with Crippen molar-refractivity contribution in [1.29, 1.82) is 5.26 Å². The first-order chi connectivity index (χ1) is 8.01. The molecule has 0 aliphatic rings. The molecule has 0 fully saturated rings. The van der Waals surface area contributed by atoms with Gasteiger partial charge in [0, 0.05) is 31.9 Å². The normalized spacial score (nSPS) is 13.2. The van der Waals surface area contributed by atoms with Gasteiger partial charge in [0.25, 0.3) is 0 Å². The minimum Gasteiger partial charge on any atom is -0.273 e. The number of hydrogen-bond acceptors (Lipinski definition) is 4. The molecule has 7 heteroatoms. The molecule has 0 radical (unpaired) electrons. The van der Waals surface area contributed by atoms with E-state index in [0.717, 1.165) is 5.69 Å². The molecule has 0 amide bonds. The lowest BCUT2D eigenvalue weighted by Crippen LogP contribution is -2.34. The van der Waals surface area contributed by atoms with E-state index in [1.165, 1.54) is 0 Å². The Hall–Kier alpha value is -1.39. The largest absolute Gasteiger partial charge is 0.273 e. The predicted molar refractivity (Wildman–Crippen MR) is 63.5 cm³/mol. The van der Waals surface area contributed by atoms with Crippen LogP contribution in [-0.2, 0) is 23.5 Å². The maximum atomic E-state index is 11.7. The van der Waals surface area contributed by atoms with Gasteiger partial charge >= 0.3 is 0 Å². The summed E-state index contributed by atoms with van der Waals surface area (Å²) in [5.41, 5.74) is 0.942. The third kappa shape index (κ3) is 3.54. The summed E-state index contributed by atoms with van der Waals surface area (Å²) in [5, 5.41) is 11.7. The zero-order valence-corrected chi connectivity index (χ0v) is 10.7. The van der Waals surface area contributed by atoms with Gasteiger partial charge in [-0.05, 0) is 12.5 Å². The van der Waals surface area contributed by atoms with Gasteiger partial charge in [-0.1, -0.05) is 6.92 Å². The van der Waals surface area contributed by atoms with Crippen LogP contribution in [0.5, 0.6) is 0 Å². The van der Waals surface area contributed by atoms with Crippen molar-refractivity contribution in [3.8, 4) is 6.07 Å². The third-order valence-electron chi connectivity index (χ3n) is 2.50. The molecule has 0 spiro atoms. The van der Waals surface area contributed by atoms with Crippen LogP contribution < -0.4 is 4.72 Å². The molecule has 6 nitrogen and oxygen atoms in total. The Balaban J connectivity index is 2.52. The topological polar surface area (TPSA) is 87.8 Å². The predicted octanol–water partition coefficient (Wildman–Crippen LogP) is 0.184. The number of rotatable bonds is 6. The Labute approximate surface area is 101 Å². The lowest BCUT2D eigenvalue weighted by atomic mass is 10.3. The zero-order chi connectivity index (χ0) is 12.9. The lowest BCUT2D eigenvalue weighted by molar-refractivity contribution is 0.571. The van der Waals surface area contributed by atoms with Crippen molar-refractivity contribution in [3.05, 3.63) is 18.0 Å². The molecule has 0 bridgehead atoms. The second-order valence-corrected chi connectivity index (χ2v) is 5.61. The molecule has 1 atom stereocenters. The molecule has 17 heavy (non-hydrogen) atoms. The smallest absolute Gasteiger partial charge is 0.227 e. The van der Waals surface area contributed by atoms with Crippen molar-refractivity contribution in [2.24, 2.45) is 7.05 Å². The average Bonchev–Trinajstić information content (AvgIpc) is 2.65. The number of aromatic nitrogens is 2. The Morgan fingerprint density at radius 2 is 2.35 bits per heavy atom. The molecule has 0 saturated heterocycles. The van der Waals surface area contributed by atoms with Crippen LogP contribution in [0.2, 0.25) is 0 Å². The van der Waals surface area contributed by atoms with Gasteiger partial charge in [0.15, 0.2) is 5.25 Å². The zero-order valence-electron chi connectivity index (χ0n) is 9.92. The molecule has 0 aliphatic carbocycles. The lowest BCUT2D eigenvalue weighted by Gasteiger charge is -2.09. The van der Waals surface area contributed by atoms with Gasteiger partial charge < -0.3 is 0 Å². The third-order valence-corrected chi connectivity index (χ3v) is 4.29. The molecule has 0 aromatic carbocycles. The van der Waals surface area contributed by atoms with Crippen molar-refractivity contribution >= 4 is 10.0 Å². The van der Waals surface area contributed by atoms with Crippen LogP contribution in [0.25, 0.3) is 0 Å². The highest BCUT2D eigenvalue weighted by molar-refractivity contribution is 7.90. The SMILES string of the molecule is CCC(C#N)S(=O)(=O)NCCc1ccnn1C. The molecule has 1 unspecified atom stereocenters. The van der Waals surface area contributed by atoms with Gasteiger partial charge in [0.05, 0.1) is 6.07 Å². The summed E-state index contributed by atoms with van der Waals surface area (Å²) >= 11 is 0. The molecule has 1 aromatic rings. The minimum absolute atomic E-state index is 0.278. The maximum absolute atomic E-state index is 11.7. The molecule has 94 valence electrons. The number of hydrogen-bond donors (Lipinski definition) is 1. The number of nitriles is 1. The molecule has 1 aromatic heterocycles. The molecular formula is C10H16N4O2S.